The summed E-state index contributed by atoms with van der Waals surface area (Å²) < 4.78 is 0. The Labute approximate surface area is 108 Å². The lowest BCUT2D eigenvalue weighted by Crippen LogP contribution is -2.44. The van der Waals surface area contributed by atoms with E-state index < -0.39 is 5.97 Å². The summed E-state index contributed by atoms with van der Waals surface area (Å²) in [6.45, 7) is 2.38. The lowest BCUT2D eigenvalue weighted by atomic mass is 9.91. The van der Waals surface area contributed by atoms with Crippen molar-refractivity contribution in [1.82, 2.24) is 4.90 Å². The molecule has 2 aliphatic heterocycles. The van der Waals surface area contributed by atoms with Gasteiger partial charge in [-0.25, -0.2) is 0 Å². The molecular formula is C13H23NO2S. The maximum atomic E-state index is 10.6. The first-order valence-electron chi connectivity index (χ1n) is 6.79. The molecule has 1 unspecified atom stereocenters. The molecule has 2 aliphatic rings. The van der Waals surface area contributed by atoms with E-state index in [1.165, 1.54) is 43.7 Å². The number of aliphatic carboxylic acids is 1. The van der Waals surface area contributed by atoms with Gasteiger partial charge in [-0.2, -0.15) is 11.8 Å². The van der Waals surface area contributed by atoms with Gasteiger partial charge in [-0.05, 0) is 56.1 Å². The highest BCUT2D eigenvalue weighted by Crippen LogP contribution is 2.28. The summed E-state index contributed by atoms with van der Waals surface area (Å²) in [5, 5.41) is 8.74. The monoisotopic (exact) mass is 257 g/mol. The van der Waals surface area contributed by atoms with Gasteiger partial charge in [-0.15, -0.1) is 0 Å². The fourth-order valence-corrected chi connectivity index (χ4v) is 4.12. The van der Waals surface area contributed by atoms with E-state index in [1.54, 1.807) is 0 Å². The van der Waals surface area contributed by atoms with Crippen LogP contribution >= 0.6 is 11.8 Å². The number of hydrogen-bond donors (Lipinski definition) is 1. The van der Waals surface area contributed by atoms with Gasteiger partial charge in [0.05, 0.1) is 0 Å². The van der Waals surface area contributed by atoms with E-state index in [1.807, 2.05) is 0 Å². The zero-order valence-electron chi connectivity index (χ0n) is 10.4. The third kappa shape index (κ3) is 4.18. The summed E-state index contributed by atoms with van der Waals surface area (Å²) in [4.78, 5) is 13.2. The Kier molecular flexibility index (Phi) is 5.16. The molecule has 0 bridgehead atoms. The van der Waals surface area contributed by atoms with Crippen LogP contribution in [-0.2, 0) is 4.79 Å². The quantitative estimate of drug-likeness (QED) is 0.840. The number of likely N-dealkylation sites (tertiary alicyclic amines) is 1. The molecule has 2 rings (SSSR count). The number of carboxylic acids is 1. The molecule has 4 heteroatoms. The average molecular weight is 257 g/mol. The zero-order chi connectivity index (χ0) is 12.1. The molecule has 0 aliphatic carbocycles. The molecule has 17 heavy (non-hydrogen) atoms. The SMILES string of the molecule is O=C(O)CCC1CCCN(C2CCSCC2)C1. The molecule has 2 saturated heterocycles. The van der Waals surface area contributed by atoms with Crippen molar-refractivity contribution < 1.29 is 9.90 Å². The Morgan fingerprint density at radius 2 is 2.06 bits per heavy atom. The van der Waals surface area contributed by atoms with Crippen LogP contribution in [0.1, 0.15) is 38.5 Å². The van der Waals surface area contributed by atoms with E-state index in [0.29, 0.717) is 12.3 Å². The van der Waals surface area contributed by atoms with E-state index in [0.717, 1.165) is 19.0 Å². The van der Waals surface area contributed by atoms with E-state index in [9.17, 15) is 4.79 Å². The van der Waals surface area contributed by atoms with E-state index in [2.05, 4.69) is 16.7 Å². The smallest absolute Gasteiger partial charge is 0.303 e. The third-order valence-corrected chi connectivity index (χ3v) is 5.07. The number of hydrogen-bond acceptors (Lipinski definition) is 3. The highest BCUT2D eigenvalue weighted by Gasteiger charge is 2.27. The van der Waals surface area contributed by atoms with Gasteiger partial charge in [0.15, 0.2) is 0 Å². The molecule has 0 amide bonds. The topological polar surface area (TPSA) is 40.5 Å². The van der Waals surface area contributed by atoms with Crippen LogP contribution in [-0.4, -0.2) is 46.6 Å². The van der Waals surface area contributed by atoms with Gasteiger partial charge in [-0.1, -0.05) is 0 Å². The van der Waals surface area contributed by atoms with Crippen LogP contribution in [0, 0.1) is 5.92 Å². The van der Waals surface area contributed by atoms with Gasteiger partial charge in [-0.3, -0.25) is 4.79 Å². The Morgan fingerprint density at radius 3 is 2.76 bits per heavy atom. The fraction of sp³-hybridized carbons (Fsp3) is 0.923. The Bertz CT molecular complexity index is 254. The minimum Gasteiger partial charge on any atom is -0.481 e. The fourth-order valence-electron chi connectivity index (χ4n) is 3.04. The van der Waals surface area contributed by atoms with Gasteiger partial charge in [0, 0.05) is 19.0 Å². The van der Waals surface area contributed by atoms with E-state index in [-0.39, 0.29) is 0 Å². The molecule has 1 atom stereocenters. The number of piperidine rings is 1. The summed E-state index contributed by atoms with van der Waals surface area (Å²) in [6.07, 6.45) is 6.36. The van der Waals surface area contributed by atoms with Crippen LogP contribution in [0.5, 0.6) is 0 Å². The second kappa shape index (κ2) is 6.64. The maximum absolute atomic E-state index is 10.6. The Morgan fingerprint density at radius 1 is 1.29 bits per heavy atom. The predicted octanol–water partition coefficient (Wildman–Crippen LogP) is 2.46. The normalized spacial score (nSPS) is 28.1. The van der Waals surface area contributed by atoms with Crippen LogP contribution in [0.3, 0.4) is 0 Å². The number of nitrogens with zero attached hydrogens (tertiary/aromatic N) is 1. The van der Waals surface area contributed by atoms with Crippen LogP contribution in [0.15, 0.2) is 0 Å². The van der Waals surface area contributed by atoms with Crippen molar-refractivity contribution in [3.63, 3.8) is 0 Å². The molecule has 98 valence electrons. The first-order chi connectivity index (χ1) is 8.25. The van der Waals surface area contributed by atoms with Crippen molar-refractivity contribution in [3.05, 3.63) is 0 Å². The highest BCUT2D eigenvalue weighted by atomic mass is 32.2. The van der Waals surface area contributed by atoms with Crippen molar-refractivity contribution in [3.8, 4) is 0 Å². The molecule has 0 saturated carbocycles. The summed E-state index contributed by atoms with van der Waals surface area (Å²) in [7, 11) is 0. The maximum Gasteiger partial charge on any atom is 0.303 e. The van der Waals surface area contributed by atoms with Crippen molar-refractivity contribution in [2.45, 2.75) is 44.6 Å². The van der Waals surface area contributed by atoms with Crippen LogP contribution in [0.2, 0.25) is 0 Å². The van der Waals surface area contributed by atoms with Gasteiger partial charge in [0.25, 0.3) is 0 Å². The molecular weight excluding hydrogens is 234 g/mol. The second-order valence-electron chi connectivity index (χ2n) is 5.28. The molecule has 2 heterocycles. The van der Waals surface area contributed by atoms with Gasteiger partial charge in [0.1, 0.15) is 0 Å². The largest absolute Gasteiger partial charge is 0.481 e. The molecule has 0 radical (unpaired) electrons. The Hall–Kier alpha value is -0.220. The Balaban J connectivity index is 1.77. The minimum absolute atomic E-state index is 0.346. The second-order valence-corrected chi connectivity index (χ2v) is 6.50. The predicted molar refractivity (Wildman–Crippen MR) is 71.5 cm³/mol. The van der Waals surface area contributed by atoms with Gasteiger partial charge in [0.2, 0.25) is 0 Å². The van der Waals surface area contributed by atoms with E-state index in [4.69, 9.17) is 5.11 Å². The minimum atomic E-state index is -0.642. The average Bonchev–Trinajstić information content (AvgIpc) is 2.38. The molecule has 0 aromatic heterocycles. The van der Waals surface area contributed by atoms with Crippen LogP contribution < -0.4 is 0 Å². The van der Waals surface area contributed by atoms with Crippen LogP contribution in [0.25, 0.3) is 0 Å². The van der Waals surface area contributed by atoms with Crippen molar-refractivity contribution in [2.24, 2.45) is 5.92 Å². The number of carbonyl (C=O) groups is 1. The van der Waals surface area contributed by atoms with Gasteiger partial charge < -0.3 is 10.0 Å². The standard InChI is InChI=1S/C13H23NO2S/c15-13(16)4-3-11-2-1-7-14(10-11)12-5-8-17-9-6-12/h11-12H,1-10H2,(H,15,16). The first kappa shape index (κ1) is 13.2. The van der Waals surface area contributed by atoms with Crippen molar-refractivity contribution in [1.29, 1.82) is 0 Å². The molecule has 0 aromatic rings. The van der Waals surface area contributed by atoms with Crippen LogP contribution in [0.4, 0.5) is 0 Å². The van der Waals surface area contributed by atoms with Crippen molar-refractivity contribution in [2.75, 3.05) is 24.6 Å². The number of carboxylic acid groups (broad SMARTS) is 1. The molecule has 2 fully saturated rings. The lowest BCUT2D eigenvalue weighted by Gasteiger charge is -2.39. The molecule has 0 aromatic carbocycles. The molecule has 3 nitrogen and oxygen atoms in total. The number of rotatable bonds is 4. The summed E-state index contributed by atoms with van der Waals surface area (Å²) in [5.74, 6) is 2.59. The summed E-state index contributed by atoms with van der Waals surface area (Å²) in [5.41, 5.74) is 0. The van der Waals surface area contributed by atoms with Gasteiger partial charge >= 0.3 is 5.97 Å². The lowest BCUT2D eigenvalue weighted by molar-refractivity contribution is -0.137. The third-order valence-electron chi connectivity index (χ3n) is 4.02. The van der Waals surface area contributed by atoms with Crippen molar-refractivity contribution >= 4 is 17.7 Å². The summed E-state index contributed by atoms with van der Waals surface area (Å²) in [6, 6.07) is 0.781. The first-order valence-corrected chi connectivity index (χ1v) is 7.95. The van der Waals surface area contributed by atoms with E-state index >= 15 is 0 Å². The summed E-state index contributed by atoms with van der Waals surface area (Å²) >= 11 is 2.07. The number of thioether (sulfide) groups is 1. The molecule has 0 spiro atoms. The highest BCUT2D eigenvalue weighted by molar-refractivity contribution is 7.99. The molecule has 1 N–H and O–H groups in total. The zero-order valence-corrected chi connectivity index (χ0v) is 11.3.